The number of hydrogen-bond donors (Lipinski definition) is 0. The van der Waals surface area contributed by atoms with Gasteiger partial charge in [0.2, 0.25) is 5.28 Å². The second-order valence-electron chi connectivity index (χ2n) is 5.00. The number of nitrogens with zero attached hydrogens (tertiary/aromatic N) is 3. The highest BCUT2D eigenvalue weighted by Gasteiger charge is 2.17. The molecule has 0 unspecified atom stereocenters. The summed E-state index contributed by atoms with van der Waals surface area (Å²) in [6, 6.07) is 2.23. The quantitative estimate of drug-likeness (QED) is 0.774. The fourth-order valence-corrected chi connectivity index (χ4v) is 3.81. The van der Waals surface area contributed by atoms with E-state index in [0.717, 1.165) is 30.2 Å². The Morgan fingerprint density at radius 1 is 1.21 bits per heavy atom. The normalized spacial score (nSPS) is 16.8. The van der Waals surface area contributed by atoms with Crippen LogP contribution in [-0.4, -0.2) is 23.1 Å². The molecule has 3 rings (SSSR count). The van der Waals surface area contributed by atoms with Crippen molar-refractivity contribution in [2.45, 2.75) is 39.0 Å². The molecule has 0 atom stereocenters. The third-order valence-corrected chi connectivity index (χ3v) is 4.99. The molecule has 0 radical (unpaired) electrons. The van der Waals surface area contributed by atoms with E-state index in [1.165, 1.54) is 35.9 Å². The molecule has 0 amide bonds. The minimum absolute atomic E-state index is 0.372. The summed E-state index contributed by atoms with van der Waals surface area (Å²) in [5.74, 6) is 1.04. The lowest BCUT2D eigenvalue weighted by molar-refractivity contribution is 0.726. The lowest BCUT2D eigenvalue weighted by Crippen LogP contribution is -2.25. The van der Waals surface area contributed by atoms with Crippen LogP contribution in [0, 0.1) is 0 Å². The van der Waals surface area contributed by atoms with Crippen molar-refractivity contribution in [1.29, 1.82) is 0 Å². The summed E-state index contributed by atoms with van der Waals surface area (Å²) in [5, 5.41) is 1.55. The molecule has 3 nitrogen and oxygen atoms in total. The molecule has 1 aliphatic rings. The Morgan fingerprint density at radius 3 is 2.63 bits per heavy atom. The number of thiophene rings is 1. The number of halogens is 1. The molecule has 0 saturated carbocycles. The van der Waals surface area contributed by atoms with E-state index in [0.29, 0.717) is 5.28 Å². The highest BCUT2D eigenvalue weighted by atomic mass is 35.5. The molecule has 0 aliphatic carbocycles. The van der Waals surface area contributed by atoms with Crippen molar-refractivity contribution in [2.75, 3.05) is 18.0 Å². The molecule has 1 fully saturated rings. The van der Waals surface area contributed by atoms with Gasteiger partial charge in [-0.25, -0.2) is 4.98 Å². The summed E-state index contributed by atoms with van der Waals surface area (Å²) in [6.07, 6.45) is 6.17. The van der Waals surface area contributed by atoms with Gasteiger partial charge in [0.1, 0.15) is 10.6 Å². The SMILES string of the molecule is CCc1cc2c(N3CCCCCC3)nc(Cl)nc2s1. The van der Waals surface area contributed by atoms with Gasteiger partial charge in [-0.05, 0) is 36.9 Å². The minimum atomic E-state index is 0.372. The molecule has 1 aliphatic heterocycles. The van der Waals surface area contributed by atoms with Crippen molar-refractivity contribution < 1.29 is 0 Å². The zero-order valence-corrected chi connectivity index (χ0v) is 12.7. The molecule has 0 aromatic carbocycles. The summed E-state index contributed by atoms with van der Waals surface area (Å²) in [7, 11) is 0. The standard InChI is InChI=1S/C14H18ClN3S/c1-2-10-9-11-12(16-14(15)17-13(11)19-10)18-7-5-3-4-6-8-18/h9H,2-8H2,1H3. The molecule has 3 heterocycles. The van der Waals surface area contributed by atoms with E-state index in [-0.39, 0.29) is 0 Å². The molecule has 2 aromatic heterocycles. The Balaban J connectivity index is 2.07. The number of rotatable bonds is 2. The smallest absolute Gasteiger partial charge is 0.225 e. The van der Waals surface area contributed by atoms with Crippen LogP contribution in [-0.2, 0) is 6.42 Å². The summed E-state index contributed by atoms with van der Waals surface area (Å²) in [4.78, 5) is 13.6. The molecular formula is C14H18ClN3S. The molecule has 0 N–H and O–H groups in total. The van der Waals surface area contributed by atoms with Crippen molar-refractivity contribution in [3.8, 4) is 0 Å². The fraction of sp³-hybridized carbons (Fsp3) is 0.571. The maximum atomic E-state index is 6.09. The number of anilines is 1. The third kappa shape index (κ3) is 2.70. The maximum Gasteiger partial charge on any atom is 0.225 e. The third-order valence-electron chi connectivity index (χ3n) is 3.65. The zero-order valence-electron chi connectivity index (χ0n) is 11.2. The predicted molar refractivity (Wildman–Crippen MR) is 82.5 cm³/mol. The average Bonchev–Trinajstić information content (AvgIpc) is 2.64. The molecule has 19 heavy (non-hydrogen) atoms. The van der Waals surface area contributed by atoms with Crippen LogP contribution in [0.4, 0.5) is 5.82 Å². The summed E-state index contributed by atoms with van der Waals surface area (Å²) >= 11 is 7.83. The topological polar surface area (TPSA) is 29.0 Å². The highest BCUT2D eigenvalue weighted by molar-refractivity contribution is 7.18. The van der Waals surface area contributed by atoms with Crippen LogP contribution in [0.1, 0.15) is 37.5 Å². The van der Waals surface area contributed by atoms with Crippen LogP contribution >= 0.6 is 22.9 Å². The molecule has 0 spiro atoms. The van der Waals surface area contributed by atoms with E-state index in [9.17, 15) is 0 Å². The number of hydrogen-bond acceptors (Lipinski definition) is 4. The maximum absolute atomic E-state index is 6.09. The first-order valence-corrected chi connectivity index (χ1v) is 8.18. The van der Waals surface area contributed by atoms with Crippen LogP contribution < -0.4 is 4.90 Å². The monoisotopic (exact) mass is 295 g/mol. The van der Waals surface area contributed by atoms with Gasteiger partial charge in [-0.1, -0.05) is 19.8 Å². The fourth-order valence-electron chi connectivity index (χ4n) is 2.63. The lowest BCUT2D eigenvalue weighted by atomic mass is 10.2. The van der Waals surface area contributed by atoms with Crippen molar-refractivity contribution in [1.82, 2.24) is 9.97 Å². The van der Waals surface area contributed by atoms with E-state index in [2.05, 4.69) is 27.9 Å². The van der Waals surface area contributed by atoms with Gasteiger partial charge in [0.05, 0.1) is 5.39 Å². The van der Waals surface area contributed by atoms with Crippen molar-refractivity contribution >= 4 is 39.0 Å². The summed E-state index contributed by atoms with van der Waals surface area (Å²) in [6.45, 7) is 4.34. The van der Waals surface area contributed by atoms with Gasteiger partial charge in [-0.15, -0.1) is 11.3 Å². The molecule has 102 valence electrons. The van der Waals surface area contributed by atoms with E-state index in [1.54, 1.807) is 11.3 Å². The summed E-state index contributed by atoms with van der Waals surface area (Å²) in [5.41, 5.74) is 0. The Morgan fingerprint density at radius 2 is 1.95 bits per heavy atom. The predicted octanol–water partition coefficient (Wildman–Crippen LogP) is 4.29. The van der Waals surface area contributed by atoms with Gasteiger partial charge in [0, 0.05) is 18.0 Å². The van der Waals surface area contributed by atoms with Gasteiger partial charge in [-0.2, -0.15) is 4.98 Å². The number of aryl methyl sites for hydroxylation is 1. The van der Waals surface area contributed by atoms with Crippen molar-refractivity contribution in [3.05, 3.63) is 16.2 Å². The lowest BCUT2D eigenvalue weighted by Gasteiger charge is -2.22. The van der Waals surface area contributed by atoms with Gasteiger partial charge < -0.3 is 4.90 Å². The zero-order chi connectivity index (χ0) is 13.2. The second-order valence-corrected chi connectivity index (χ2v) is 6.46. The van der Waals surface area contributed by atoms with E-state index < -0.39 is 0 Å². The van der Waals surface area contributed by atoms with Gasteiger partial charge >= 0.3 is 0 Å². The molecular weight excluding hydrogens is 278 g/mol. The minimum Gasteiger partial charge on any atom is -0.356 e. The van der Waals surface area contributed by atoms with E-state index >= 15 is 0 Å². The highest BCUT2D eigenvalue weighted by Crippen LogP contribution is 2.33. The van der Waals surface area contributed by atoms with Crippen molar-refractivity contribution in [3.63, 3.8) is 0 Å². The van der Waals surface area contributed by atoms with Gasteiger partial charge in [-0.3, -0.25) is 0 Å². The molecule has 5 heteroatoms. The molecule has 2 aromatic rings. The van der Waals surface area contributed by atoms with Gasteiger partial charge in [0.25, 0.3) is 0 Å². The van der Waals surface area contributed by atoms with Crippen LogP contribution in [0.2, 0.25) is 5.28 Å². The van der Waals surface area contributed by atoms with Crippen LogP contribution in [0.25, 0.3) is 10.2 Å². The Bertz CT molecular complexity index is 573. The average molecular weight is 296 g/mol. The Hall–Kier alpha value is -0.870. The molecule has 0 bridgehead atoms. The van der Waals surface area contributed by atoms with Crippen LogP contribution in [0.5, 0.6) is 0 Å². The second kappa shape index (κ2) is 5.63. The molecule has 1 saturated heterocycles. The van der Waals surface area contributed by atoms with Crippen LogP contribution in [0.15, 0.2) is 6.07 Å². The van der Waals surface area contributed by atoms with Crippen LogP contribution in [0.3, 0.4) is 0 Å². The number of aromatic nitrogens is 2. The van der Waals surface area contributed by atoms with Gasteiger partial charge in [0.15, 0.2) is 0 Å². The first kappa shape index (κ1) is 13.1. The van der Waals surface area contributed by atoms with E-state index in [1.807, 2.05) is 0 Å². The first-order chi connectivity index (χ1) is 9.28. The van der Waals surface area contributed by atoms with Crippen molar-refractivity contribution in [2.24, 2.45) is 0 Å². The summed E-state index contributed by atoms with van der Waals surface area (Å²) < 4.78 is 0. The van der Waals surface area contributed by atoms with E-state index in [4.69, 9.17) is 11.6 Å². The first-order valence-electron chi connectivity index (χ1n) is 6.99. The largest absolute Gasteiger partial charge is 0.356 e. The Kier molecular flexibility index (Phi) is 3.89. The number of fused-ring (bicyclic) bond motifs is 1. The Labute approximate surface area is 122 Å².